The quantitative estimate of drug-likeness (QED) is 0.595. The first-order valence-corrected chi connectivity index (χ1v) is 10.7. The summed E-state index contributed by atoms with van der Waals surface area (Å²) in [6.07, 6.45) is 4.02. The third-order valence-corrected chi connectivity index (χ3v) is 5.91. The smallest absolute Gasteiger partial charge is 0.229 e. The maximum absolute atomic E-state index is 14.2. The fourth-order valence-corrected chi connectivity index (χ4v) is 4.31. The number of carbonyl (C=O) groups is 2. The molecule has 0 radical (unpaired) electrons. The Kier molecular flexibility index (Phi) is 7.29. The lowest BCUT2D eigenvalue weighted by atomic mass is 9.93. The molecule has 2 amide bonds. The van der Waals surface area contributed by atoms with Gasteiger partial charge in [-0.25, -0.2) is 4.39 Å². The topological polar surface area (TPSA) is 81.7 Å². The summed E-state index contributed by atoms with van der Waals surface area (Å²) >= 11 is 3.26. The van der Waals surface area contributed by atoms with Gasteiger partial charge in [0.25, 0.3) is 0 Å². The van der Waals surface area contributed by atoms with Crippen LogP contribution in [0.1, 0.15) is 44.9 Å². The molecular formula is C20H27BrFN3O3. The first-order chi connectivity index (χ1) is 13.4. The van der Waals surface area contributed by atoms with Crippen LogP contribution in [-0.4, -0.2) is 48.2 Å². The number of benzene rings is 1. The van der Waals surface area contributed by atoms with E-state index in [0.717, 1.165) is 32.2 Å². The van der Waals surface area contributed by atoms with Gasteiger partial charge < -0.3 is 20.6 Å². The lowest BCUT2D eigenvalue weighted by Gasteiger charge is -2.35. The number of aliphatic hydroxyl groups is 1. The second kappa shape index (κ2) is 9.69. The molecule has 1 heterocycles. The first kappa shape index (κ1) is 21.0. The molecule has 0 aromatic heterocycles. The molecule has 1 aliphatic heterocycles. The summed E-state index contributed by atoms with van der Waals surface area (Å²) in [5, 5.41) is 15.3. The SMILES string of the molecule is O=C(CC(=O)N[C@H]1CCCN(c2ccc(Br)cc2F)C1)NC1CCC(O)CC1. The number of rotatable bonds is 5. The van der Waals surface area contributed by atoms with E-state index in [9.17, 15) is 19.1 Å². The number of anilines is 1. The normalized spacial score (nSPS) is 25.2. The molecule has 1 aromatic rings. The average Bonchev–Trinajstić information content (AvgIpc) is 2.63. The maximum Gasteiger partial charge on any atom is 0.229 e. The molecule has 28 heavy (non-hydrogen) atoms. The summed E-state index contributed by atoms with van der Waals surface area (Å²) in [5.41, 5.74) is 0.527. The van der Waals surface area contributed by atoms with E-state index in [0.29, 0.717) is 29.5 Å². The molecule has 2 fully saturated rings. The highest BCUT2D eigenvalue weighted by Crippen LogP contribution is 2.26. The molecule has 6 nitrogen and oxygen atoms in total. The molecule has 3 N–H and O–H groups in total. The number of nitrogens with one attached hydrogen (secondary N) is 2. The second-order valence-corrected chi connectivity index (χ2v) is 8.61. The predicted octanol–water partition coefficient (Wildman–Crippen LogP) is 2.48. The Morgan fingerprint density at radius 2 is 1.79 bits per heavy atom. The number of carbonyl (C=O) groups excluding carboxylic acids is 2. The molecule has 1 aromatic carbocycles. The van der Waals surface area contributed by atoms with Gasteiger partial charge >= 0.3 is 0 Å². The summed E-state index contributed by atoms with van der Waals surface area (Å²) in [6.45, 7) is 1.26. The van der Waals surface area contributed by atoms with Crippen molar-refractivity contribution in [3.8, 4) is 0 Å². The molecule has 0 unspecified atom stereocenters. The molecule has 3 rings (SSSR count). The lowest BCUT2D eigenvalue weighted by molar-refractivity contribution is -0.130. The van der Waals surface area contributed by atoms with Gasteiger partial charge in [-0.2, -0.15) is 0 Å². The third-order valence-electron chi connectivity index (χ3n) is 5.42. The standard InChI is InChI=1S/C20H27BrFN3O3/c21-13-3-8-18(17(22)10-13)25-9-1-2-15(12-25)24-20(28)11-19(27)23-14-4-6-16(26)7-5-14/h3,8,10,14-16,26H,1-2,4-7,9,11-12H2,(H,23,27)(H,24,28)/t14?,15-,16?/m0/s1. The number of halogens is 2. The van der Waals surface area contributed by atoms with Gasteiger partial charge in [-0.05, 0) is 56.7 Å². The van der Waals surface area contributed by atoms with Crippen LogP contribution in [0.15, 0.2) is 22.7 Å². The predicted molar refractivity (Wildman–Crippen MR) is 109 cm³/mol. The van der Waals surface area contributed by atoms with Gasteiger partial charge in [0.2, 0.25) is 11.8 Å². The Morgan fingerprint density at radius 3 is 2.46 bits per heavy atom. The van der Waals surface area contributed by atoms with Gasteiger partial charge in [-0.1, -0.05) is 15.9 Å². The molecule has 0 spiro atoms. The first-order valence-electron chi connectivity index (χ1n) is 9.87. The Balaban J connectivity index is 1.46. The van der Waals surface area contributed by atoms with Gasteiger partial charge in [0.05, 0.1) is 11.8 Å². The van der Waals surface area contributed by atoms with Crippen LogP contribution >= 0.6 is 15.9 Å². The lowest BCUT2D eigenvalue weighted by Crippen LogP contribution is -2.49. The zero-order valence-electron chi connectivity index (χ0n) is 15.8. The van der Waals surface area contributed by atoms with Crippen molar-refractivity contribution in [2.24, 2.45) is 0 Å². The molecule has 1 saturated carbocycles. The zero-order chi connectivity index (χ0) is 20.1. The summed E-state index contributed by atoms with van der Waals surface area (Å²) in [7, 11) is 0. The van der Waals surface area contributed by atoms with Gasteiger partial charge in [-0.3, -0.25) is 9.59 Å². The number of piperidine rings is 1. The van der Waals surface area contributed by atoms with Gasteiger partial charge in [-0.15, -0.1) is 0 Å². The van der Waals surface area contributed by atoms with Crippen LogP contribution in [0.2, 0.25) is 0 Å². The fraction of sp³-hybridized carbons (Fsp3) is 0.600. The molecule has 8 heteroatoms. The van der Waals surface area contributed by atoms with Crippen molar-refractivity contribution in [2.75, 3.05) is 18.0 Å². The van der Waals surface area contributed by atoms with Crippen molar-refractivity contribution in [2.45, 2.75) is 63.1 Å². The largest absolute Gasteiger partial charge is 0.393 e. The van der Waals surface area contributed by atoms with Crippen molar-refractivity contribution in [1.29, 1.82) is 0 Å². The fourth-order valence-electron chi connectivity index (χ4n) is 3.97. The van der Waals surface area contributed by atoms with Crippen molar-refractivity contribution >= 4 is 33.4 Å². The van der Waals surface area contributed by atoms with E-state index in [4.69, 9.17) is 0 Å². The molecule has 154 valence electrons. The van der Waals surface area contributed by atoms with E-state index in [1.165, 1.54) is 6.07 Å². The monoisotopic (exact) mass is 455 g/mol. The van der Waals surface area contributed by atoms with Crippen LogP contribution in [0, 0.1) is 5.82 Å². The second-order valence-electron chi connectivity index (χ2n) is 7.70. The third kappa shape index (κ3) is 5.91. The summed E-state index contributed by atoms with van der Waals surface area (Å²) in [4.78, 5) is 26.3. The van der Waals surface area contributed by atoms with E-state index >= 15 is 0 Å². The number of nitrogens with zero attached hydrogens (tertiary/aromatic N) is 1. The van der Waals surface area contributed by atoms with Crippen molar-refractivity contribution in [1.82, 2.24) is 10.6 Å². The van der Waals surface area contributed by atoms with Gasteiger partial charge in [0.15, 0.2) is 0 Å². The van der Waals surface area contributed by atoms with Crippen LogP contribution in [0.4, 0.5) is 10.1 Å². The highest BCUT2D eigenvalue weighted by molar-refractivity contribution is 9.10. The van der Waals surface area contributed by atoms with E-state index in [2.05, 4.69) is 26.6 Å². The minimum absolute atomic E-state index is 0.0363. The van der Waals surface area contributed by atoms with Crippen LogP contribution in [0.25, 0.3) is 0 Å². The number of hydrogen-bond acceptors (Lipinski definition) is 4. The number of amides is 2. The summed E-state index contributed by atoms with van der Waals surface area (Å²) in [5.74, 6) is -0.889. The number of aliphatic hydroxyl groups excluding tert-OH is 1. The molecule has 0 bridgehead atoms. The minimum atomic E-state index is -0.309. The Bertz CT molecular complexity index is 710. The molecule has 1 aliphatic carbocycles. The highest BCUT2D eigenvalue weighted by Gasteiger charge is 2.25. The van der Waals surface area contributed by atoms with Crippen molar-refractivity contribution < 1.29 is 19.1 Å². The van der Waals surface area contributed by atoms with E-state index in [1.54, 1.807) is 12.1 Å². The van der Waals surface area contributed by atoms with Gasteiger partial charge in [0.1, 0.15) is 12.2 Å². The van der Waals surface area contributed by atoms with Crippen LogP contribution < -0.4 is 15.5 Å². The van der Waals surface area contributed by atoms with Crippen LogP contribution in [0.5, 0.6) is 0 Å². The highest BCUT2D eigenvalue weighted by atomic mass is 79.9. The maximum atomic E-state index is 14.2. The van der Waals surface area contributed by atoms with Crippen molar-refractivity contribution in [3.63, 3.8) is 0 Å². The molecular weight excluding hydrogens is 429 g/mol. The molecule has 1 saturated heterocycles. The minimum Gasteiger partial charge on any atom is -0.393 e. The average molecular weight is 456 g/mol. The summed E-state index contributed by atoms with van der Waals surface area (Å²) in [6, 6.07) is 4.90. The number of hydrogen-bond donors (Lipinski definition) is 3. The molecule has 1 atom stereocenters. The Hall–Kier alpha value is -1.67. The van der Waals surface area contributed by atoms with Gasteiger partial charge in [0, 0.05) is 29.6 Å². The Morgan fingerprint density at radius 1 is 1.11 bits per heavy atom. The Labute approximate surface area is 173 Å². The zero-order valence-corrected chi connectivity index (χ0v) is 17.4. The van der Waals surface area contributed by atoms with Crippen LogP contribution in [0.3, 0.4) is 0 Å². The van der Waals surface area contributed by atoms with Crippen molar-refractivity contribution in [3.05, 3.63) is 28.5 Å². The summed E-state index contributed by atoms with van der Waals surface area (Å²) < 4.78 is 14.9. The molecule has 2 aliphatic rings. The van der Waals surface area contributed by atoms with E-state index in [-0.39, 0.29) is 42.2 Å². The van der Waals surface area contributed by atoms with Crippen LogP contribution in [-0.2, 0) is 9.59 Å². The van der Waals surface area contributed by atoms with E-state index in [1.807, 2.05) is 4.90 Å². The van der Waals surface area contributed by atoms with E-state index < -0.39 is 0 Å².